The van der Waals surface area contributed by atoms with Crippen molar-refractivity contribution < 1.29 is 18.7 Å². The number of nitrogens with one attached hydrogen (secondary N) is 2. The highest BCUT2D eigenvalue weighted by Gasteiger charge is 2.50. The number of aliphatic hydroxyl groups is 1. The van der Waals surface area contributed by atoms with Gasteiger partial charge in [0.15, 0.2) is 0 Å². The molecule has 1 spiro atoms. The molecule has 8 nitrogen and oxygen atoms in total. The van der Waals surface area contributed by atoms with E-state index in [-0.39, 0.29) is 50.4 Å². The monoisotopic (exact) mass is 600 g/mol. The summed E-state index contributed by atoms with van der Waals surface area (Å²) in [4.78, 5) is 28.2. The summed E-state index contributed by atoms with van der Waals surface area (Å²) in [5, 5.41) is 16.2. The predicted octanol–water partition coefficient (Wildman–Crippen LogP) is 5.74. The van der Waals surface area contributed by atoms with Crippen LogP contribution in [0.15, 0.2) is 29.3 Å². The third kappa shape index (κ3) is 6.04. The number of carbonyl (C=O) groups is 1. The lowest BCUT2D eigenvalue weighted by Gasteiger charge is -2.35. The zero-order valence-corrected chi connectivity index (χ0v) is 25.5. The van der Waals surface area contributed by atoms with Gasteiger partial charge in [0.25, 0.3) is 11.8 Å². The maximum atomic E-state index is 13.8. The lowest BCUT2D eigenvalue weighted by molar-refractivity contribution is -0.0222. The number of alkyl halides is 2. The smallest absolute Gasteiger partial charge is 0.260 e. The van der Waals surface area contributed by atoms with Crippen molar-refractivity contribution in [3.63, 3.8) is 0 Å². The van der Waals surface area contributed by atoms with Gasteiger partial charge in [0.2, 0.25) is 0 Å². The quantitative estimate of drug-likeness (QED) is 0.314. The fraction of sp³-hybridized carbons (Fsp3) is 0.645. The van der Waals surface area contributed by atoms with E-state index in [2.05, 4.69) is 34.4 Å². The number of rotatable bonds is 9. The molecule has 6 rings (SSSR count). The summed E-state index contributed by atoms with van der Waals surface area (Å²) in [5.74, 6) is -0.118. The first kappa shape index (κ1) is 29.4. The topological polar surface area (TPSA) is 93.6 Å². The fourth-order valence-electron chi connectivity index (χ4n) is 6.87. The van der Waals surface area contributed by atoms with Gasteiger partial charge in [0.1, 0.15) is 17.5 Å². The van der Waals surface area contributed by atoms with Crippen LogP contribution in [-0.4, -0.2) is 72.0 Å². The number of thioether (sulfide) groups is 1. The fourth-order valence-corrected chi connectivity index (χ4v) is 7.43. The molecule has 228 valence electrons. The maximum absolute atomic E-state index is 13.8. The Kier molecular flexibility index (Phi) is 8.02. The molecule has 2 aliphatic heterocycles. The van der Waals surface area contributed by atoms with E-state index >= 15 is 0 Å². The third-order valence-corrected chi connectivity index (χ3v) is 10.8. The molecule has 4 aliphatic rings. The Hall–Kier alpha value is -2.66. The van der Waals surface area contributed by atoms with Crippen molar-refractivity contribution in [2.45, 2.75) is 69.2 Å². The number of amides is 1. The molecular weight excluding hydrogens is 558 g/mol. The second-order valence-corrected chi connectivity index (χ2v) is 13.7. The molecule has 0 bridgehead atoms. The highest BCUT2D eigenvalue weighted by atomic mass is 32.2. The molecule has 2 unspecified atom stereocenters. The van der Waals surface area contributed by atoms with Gasteiger partial charge < -0.3 is 25.5 Å². The number of hydrogen-bond acceptors (Lipinski definition) is 8. The van der Waals surface area contributed by atoms with Crippen LogP contribution in [-0.2, 0) is 0 Å². The number of anilines is 4. The first-order chi connectivity index (χ1) is 20.1. The van der Waals surface area contributed by atoms with E-state index in [0.717, 1.165) is 42.3 Å². The van der Waals surface area contributed by atoms with E-state index in [9.17, 15) is 18.7 Å². The summed E-state index contributed by atoms with van der Waals surface area (Å²) < 4.78 is 27.6. The molecule has 42 heavy (non-hydrogen) atoms. The molecule has 2 aromatic heterocycles. The van der Waals surface area contributed by atoms with Crippen molar-refractivity contribution >= 4 is 40.8 Å². The van der Waals surface area contributed by atoms with Crippen molar-refractivity contribution in [2.75, 3.05) is 59.5 Å². The van der Waals surface area contributed by atoms with Gasteiger partial charge in [-0.15, -0.1) is 11.8 Å². The van der Waals surface area contributed by atoms with E-state index in [1.807, 2.05) is 23.3 Å². The van der Waals surface area contributed by atoms with Gasteiger partial charge in [-0.1, -0.05) is 13.8 Å². The normalized spacial score (nSPS) is 26.6. The number of hydrogen-bond donors (Lipinski definition) is 3. The zero-order valence-electron chi connectivity index (χ0n) is 24.7. The lowest BCUT2D eigenvalue weighted by atomic mass is 9.93. The summed E-state index contributed by atoms with van der Waals surface area (Å²) in [6.45, 7) is 6.68. The van der Waals surface area contributed by atoms with Crippen LogP contribution in [0.4, 0.5) is 31.9 Å². The third-order valence-electron chi connectivity index (χ3n) is 10.1. The van der Waals surface area contributed by atoms with E-state index in [4.69, 9.17) is 4.98 Å². The second-order valence-electron chi connectivity index (χ2n) is 12.9. The van der Waals surface area contributed by atoms with Crippen LogP contribution in [0.25, 0.3) is 0 Å². The van der Waals surface area contributed by atoms with Crippen molar-refractivity contribution in [3.8, 4) is 0 Å². The van der Waals surface area contributed by atoms with Crippen LogP contribution < -0.4 is 20.4 Å². The number of carbonyl (C=O) groups excluding carboxylic acids is 1. The van der Waals surface area contributed by atoms with Crippen LogP contribution in [0, 0.1) is 23.2 Å². The number of piperidine rings is 2. The number of aliphatic hydroxyl groups excluding tert-OH is 1. The van der Waals surface area contributed by atoms with E-state index in [1.54, 1.807) is 12.3 Å². The largest absolute Gasteiger partial charge is 0.396 e. The Labute approximate surface area is 251 Å². The number of nitrogens with zero attached hydrogens (tertiary/aromatic N) is 4. The summed E-state index contributed by atoms with van der Waals surface area (Å²) in [7, 11) is 0. The molecule has 4 heterocycles. The maximum Gasteiger partial charge on any atom is 0.260 e. The number of halogens is 2. The van der Waals surface area contributed by atoms with Crippen LogP contribution in [0.3, 0.4) is 0 Å². The molecule has 2 aliphatic carbocycles. The summed E-state index contributed by atoms with van der Waals surface area (Å²) in [6, 6.07) is 5.90. The molecule has 0 aromatic carbocycles. The van der Waals surface area contributed by atoms with Gasteiger partial charge in [-0.3, -0.25) is 4.79 Å². The Morgan fingerprint density at radius 1 is 1.10 bits per heavy atom. The van der Waals surface area contributed by atoms with Gasteiger partial charge >= 0.3 is 0 Å². The van der Waals surface area contributed by atoms with Gasteiger partial charge in [-0.05, 0) is 67.2 Å². The van der Waals surface area contributed by atoms with E-state index in [0.29, 0.717) is 34.4 Å². The SMILES string of the molecule is CSc1ccc(NC(=O)c2cnc(NC3C([C@@H](C)CO)[C@H]3C)cc2N2CCC3(CC2)CC3)nc1N1CCC(F)(F)CC1. The average Bonchev–Trinajstić information content (AvgIpc) is 3.89. The Balaban J connectivity index is 1.23. The molecule has 1 amide bonds. The Morgan fingerprint density at radius 2 is 1.79 bits per heavy atom. The van der Waals surface area contributed by atoms with Gasteiger partial charge in [0.05, 0.1) is 11.3 Å². The number of aromatic nitrogens is 2. The van der Waals surface area contributed by atoms with Crippen molar-refractivity contribution in [2.24, 2.45) is 23.2 Å². The minimum Gasteiger partial charge on any atom is -0.396 e. The lowest BCUT2D eigenvalue weighted by Crippen LogP contribution is -2.40. The minimum absolute atomic E-state index is 0.165. The Morgan fingerprint density at radius 3 is 2.43 bits per heavy atom. The summed E-state index contributed by atoms with van der Waals surface area (Å²) in [5.41, 5.74) is 1.85. The van der Waals surface area contributed by atoms with Crippen LogP contribution >= 0.6 is 11.8 Å². The molecule has 2 saturated carbocycles. The summed E-state index contributed by atoms with van der Waals surface area (Å²) in [6.07, 6.45) is 8.04. The molecule has 2 saturated heterocycles. The van der Waals surface area contributed by atoms with Gasteiger partial charge in [0, 0.05) is 68.8 Å². The molecule has 4 atom stereocenters. The van der Waals surface area contributed by atoms with E-state index in [1.165, 1.54) is 24.6 Å². The van der Waals surface area contributed by atoms with Gasteiger partial charge in [-0.2, -0.15) is 0 Å². The minimum atomic E-state index is -2.64. The van der Waals surface area contributed by atoms with Gasteiger partial charge in [-0.25, -0.2) is 18.7 Å². The van der Waals surface area contributed by atoms with Crippen LogP contribution in [0.1, 0.15) is 62.7 Å². The van der Waals surface area contributed by atoms with Crippen LogP contribution in [0.5, 0.6) is 0 Å². The summed E-state index contributed by atoms with van der Waals surface area (Å²) >= 11 is 1.51. The molecule has 3 N–H and O–H groups in total. The Bertz CT molecular complexity index is 1300. The zero-order chi connectivity index (χ0) is 29.6. The standard InChI is InChI=1S/C31H42F2N6O2S/c1-19(18-40)26-20(2)27(26)35-25-16-22(38-12-8-30(6-7-30)9-13-38)21(17-34-25)29(41)37-24-5-4-23(42-3)28(36-24)39-14-10-31(32,33)11-15-39/h4-5,16-17,19-20,26-27,40H,6-15,18H2,1-3H3,(H,34,35)(H,36,37,41)/t19-,20+,26?,27?/m0/s1. The molecule has 11 heteroatoms. The first-order valence-corrected chi connectivity index (χ1v) is 16.5. The average molecular weight is 601 g/mol. The van der Waals surface area contributed by atoms with Crippen molar-refractivity contribution in [1.82, 2.24) is 9.97 Å². The van der Waals surface area contributed by atoms with E-state index < -0.39 is 5.92 Å². The van der Waals surface area contributed by atoms with Crippen LogP contribution in [0.2, 0.25) is 0 Å². The highest BCUT2D eigenvalue weighted by molar-refractivity contribution is 7.98. The van der Waals surface area contributed by atoms with Crippen molar-refractivity contribution in [3.05, 3.63) is 30.0 Å². The first-order valence-electron chi connectivity index (χ1n) is 15.2. The molecule has 2 aromatic rings. The molecule has 0 radical (unpaired) electrons. The molecular formula is C31H42F2N6O2S. The predicted molar refractivity (Wildman–Crippen MR) is 164 cm³/mol. The van der Waals surface area contributed by atoms with Crippen molar-refractivity contribution in [1.29, 1.82) is 0 Å². The number of pyridine rings is 2. The molecule has 4 fully saturated rings. The highest BCUT2D eigenvalue weighted by Crippen LogP contribution is 2.54. The second kappa shape index (κ2) is 11.4.